The highest BCUT2D eigenvalue weighted by Crippen LogP contribution is 2.23. The van der Waals surface area contributed by atoms with Gasteiger partial charge >= 0.3 is 0 Å². The fourth-order valence-electron chi connectivity index (χ4n) is 3.06. The Balaban J connectivity index is 1.46. The largest absolute Gasteiger partial charge is 0.339 e. The number of carbonyl (C=O) groups excluding carboxylic acids is 2. The minimum absolute atomic E-state index is 0.0226. The molecule has 1 amide bonds. The quantitative estimate of drug-likeness (QED) is 0.563. The lowest BCUT2D eigenvalue weighted by atomic mass is 10.1. The third-order valence-electron chi connectivity index (χ3n) is 4.66. The summed E-state index contributed by atoms with van der Waals surface area (Å²) in [5, 5.41) is 0. The molecule has 1 aliphatic rings. The maximum Gasteiger partial charge on any atom is 0.233 e. The number of ketones is 1. The molecular formula is C21H23FN2O2S. The maximum absolute atomic E-state index is 14.1. The monoisotopic (exact) mass is 386 g/mol. The number of amides is 1. The number of hydrogen-bond donors (Lipinski definition) is 0. The van der Waals surface area contributed by atoms with Gasteiger partial charge in [0.15, 0.2) is 5.78 Å². The molecule has 3 rings (SSSR count). The highest BCUT2D eigenvalue weighted by Gasteiger charge is 2.21. The van der Waals surface area contributed by atoms with Crippen LogP contribution in [-0.2, 0) is 11.3 Å². The van der Waals surface area contributed by atoms with E-state index in [1.807, 2.05) is 23.1 Å². The summed E-state index contributed by atoms with van der Waals surface area (Å²) in [5.74, 6) is -0.396. The van der Waals surface area contributed by atoms with Gasteiger partial charge in [0.2, 0.25) is 5.91 Å². The minimum atomic E-state index is -0.451. The molecule has 2 aromatic rings. The van der Waals surface area contributed by atoms with Crippen molar-refractivity contribution in [3.63, 3.8) is 0 Å². The van der Waals surface area contributed by atoms with Gasteiger partial charge in [0.1, 0.15) is 5.82 Å². The van der Waals surface area contributed by atoms with Crippen LogP contribution >= 0.6 is 11.8 Å². The van der Waals surface area contributed by atoms with Crippen molar-refractivity contribution in [3.05, 3.63) is 65.5 Å². The molecule has 0 saturated carbocycles. The van der Waals surface area contributed by atoms with Crippen molar-refractivity contribution in [2.75, 3.05) is 31.9 Å². The third kappa shape index (κ3) is 5.40. The number of benzene rings is 2. The van der Waals surface area contributed by atoms with Crippen LogP contribution < -0.4 is 0 Å². The van der Waals surface area contributed by atoms with Crippen molar-refractivity contribution in [1.82, 2.24) is 9.80 Å². The topological polar surface area (TPSA) is 40.6 Å². The molecule has 0 atom stereocenters. The number of carbonyl (C=O) groups is 2. The molecule has 0 bridgehead atoms. The highest BCUT2D eigenvalue weighted by molar-refractivity contribution is 8.00. The van der Waals surface area contributed by atoms with Crippen molar-refractivity contribution in [2.24, 2.45) is 0 Å². The molecule has 1 aliphatic heterocycles. The van der Waals surface area contributed by atoms with Crippen molar-refractivity contribution in [3.8, 4) is 0 Å². The molecule has 1 fully saturated rings. The number of nitrogens with zero attached hydrogens (tertiary/aromatic N) is 2. The van der Waals surface area contributed by atoms with Gasteiger partial charge < -0.3 is 4.90 Å². The maximum atomic E-state index is 14.1. The van der Waals surface area contributed by atoms with Crippen LogP contribution in [0.2, 0.25) is 0 Å². The molecule has 1 heterocycles. The second-order valence-corrected chi connectivity index (χ2v) is 7.65. The number of hydrogen-bond acceptors (Lipinski definition) is 4. The number of piperazine rings is 1. The first-order valence-electron chi connectivity index (χ1n) is 9.00. The molecule has 0 aromatic heterocycles. The standard InChI is InChI=1S/C21H23FN2O2S/c1-16(25)18-7-8-20(19(22)13-18)27-15-21(26)24-11-9-23(10-12-24)14-17-5-3-2-4-6-17/h2-8,13H,9-12,14-15H2,1H3. The zero-order valence-electron chi connectivity index (χ0n) is 15.4. The molecule has 0 N–H and O–H groups in total. The van der Waals surface area contributed by atoms with Crippen LogP contribution in [0, 0.1) is 5.82 Å². The van der Waals surface area contributed by atoms with Gasteiger partial charge in [-0.2, -0.15) is 0 Å². The van der Waals surface area contributed by atoms with Crippen molar-refractivity contribution in [1.29, 1.82) is 0 Å². The lowest BCUT2D eigenvalue weighted by Gasteiger charge is -2.34. The highest BCUT2D eigenvalue weighted by atomic mass is 32.2. The van der Waals surface area contributed by atoms with Crippen LogP contribution in [-0.4, -0.2) is 53.4 Å². The van der Waals surface area contributed by atoms with Gasteiger partial charge in [0.25, 0.3) is 0 Å². The Morgan fingerprint density at radius 2 is 1.74 bits per heavy atom. The summed E-state index contributed by atoms with van der Waals surface area (Å²) in [6.45, 7) is 5.36. The van der Waals surface area contributed by atoms with E-state index in [-0.39, 0.29) is 17.4 Å². The summed E-state index contributed by atoms with van der Waals surface area (Å²) in [6.07, 6.45) is 0. The number of rotatable bonds is 6. The molecule has 0 radical (unpaired) electrons. The number of halogens is 1. The van der Waals surface area contributed by atoms with E-state index in [1.54, 1.807) is 12.1 Å². The van der Waals surface area contributed by atoms with Crippen molar-refractivity contribution in [2.45, 2.75) is 18.4 Å². The van der Waals surface area contributed by atoms with Crippen LogP contribution in [0.25, 0.3) is 0 Å². The molecule has 1 saturated heterocycles. The fraction of sp³-hybridized carbons (Fsp3) is 0.333. The van der Waals surface area contributed by atoms with Crippen molar-refractivity contribution < 1.29 is 14.0 Å². The van der Waals surface area contributed by atoms with Crippen LogP contribution in [0.4, 0.5) is 4.39 Å². The first-order chi connectivity index (χ1) is 13.0. The molecule has 6 heteroatoms. The zero-order chi connectivity index (χ0) is 19.2. The van der Waals surface area contributed by atoms with Gasteiger partial charge in [0, 0.05) is 43.2 Å². The van der Waals surface area contributed by atoms with Gasteiger partial charge in [-0.1, -0.05) is 36.4 Å². The molecule has 27 heavy (non-hydrogen) atoms. The van der Waals surface area contributed by atoms with E-state index < -0.39 is 5.82 Å². The van der Waals surface area contributed by atoms with Crippen LogP contribution in [0.5, 0.6) is 0 Å². The van der Waals surface area contributed by atoms with Crippen LogP contribution in [0.15, 0.2) is 53.4 Å². The normalized spacial score (nSPS) is 15.0. The summed E-state index contributed by atoms with van der Waals surface area (Å²) in [6, 6.07) is 14.7. The summed E-state index contributed by atoms with van der Waals surface area (Å²) in [5.41, 5.74) is 1.62. The molecule has 4 nitrogen and oxygen atoms in total. The Labute approximate surface area is 163 Å². The molecule has 0 unspecified atom stereocenters. The summed E-state index contributed by atoms with van der Waals surface area (Å²) >= 11 is 1.18. The molecule has 0 aliphatic carbocycles. The van der Waals surface area contributed by atoms with Gasteiger partial charge in [-0.05, 0) is 24.6 Å². The van der Waals surface area contributed by atoms with Crippen molar-refractivity contribution >= 4 is 23.5 Å². The summed E-state index contributed by atoms with van der Waals surface area (Å²) < 4.78 is 14.1. The Morgan fingerprint density at radius 1 is 1.04 bits per heavy atom. The molecule has 2 aromatic carbocycles. The average molecular weight is 386 g/mol. The molecule has 142 valence electrons. The first-order valence-corrected chi connectivity index (χ1v) is 9.99. The number of Topliss-reactive ketones (excluding diaryl/α,β-unsaturated/α-hetero) is 1. The Morgan fingerprint density at radius 3 is 2.37 bits per heavy atom. The molecule has 0 spiro atoms. The SMILES string of the molecule is CC(=O)c1ccc(SCC(=O)N2CCN(Cc3ccccc3)CC2)c(F)c1. The van der Waals surface area contributed by atoms with E-state index in [0.29, 0.717) is 23.5 Å². The van der Waals surface area contributed by atoms with Gasteiger partial charge in [-0.3, -0.25) is 14.5 Å². The first kappa shape index (κ1) is 19.6. The van der Waals surface area contributed by atoms with Gasteiger partial charge in [-0.15, -0.1) is 11.8 Å². The summed E-state index contributed by atoms with van der Waals surface area (Å²) in [4.78, 5) is 28.3. The Hall–Kier alpha value is -2.18. The van der Waals surface area contributed by atoms with Gasteiger partial charge in [-0.25, -0.2) is 4.39 Å². The van der Waals surface area contributed by atoms with Crippen LogP contribution in [0.1, 0.15) is 22.8 Å². The fourth-order valence-corrected chi connectivity index (χ4v) is 3.89. The summed E-state index contributed by atoms with van der Waals surface area (Å²) in [7, 11) is 0. The lowest BCUT2D eigenvalue weighted by molar-refractivity contribution is -0.130. The molecular weight excluding hydrogens is 363 g/mol. The smallest absolute Gasteiger partial charge is 0.233 e. The average Bonchev–Trinajstić information content (AvgIpc) is 2.68. The van der Waals surface area contributed by atoms with E-state index in [4.69, 9.17) is 0 Å². The van der Waals surface area contributed by atoms with Gasteiger partial charge in [0.05, 0.1) is 5.75 Å². The zero-order valence-corrected chi connectivity index (χ0v) is 16.2. The second-order valence-electron chi connectivity index (χ2n) is 6.63. The van der Waals surface area contributed by atoms with E-state index in [9.17, 15) is 14.0 Å². The Kier molecular flexibility index (Phi) is 6.63. The predicted molar refractivity (Wildman–Crippen MR) is 105 cm³/mol. The lowest BCUT2D eigenvalue weighted by Crippen LogP contribution is -2.48. The third-order valence-corrected chi connectivity index (χ3v) is 5.70. The van der Waals surface area contributed by atoms with E-state index in [2.05, 4.69) is 17.0 Å². The van der Waals surface area contributed by atoms with E-state index >= 15 is 0 Å². The second kappa shape index (κ2) is 9.15. The Bertz CT molecular complexity index is 805. The van der Waals surface area contributed by atoms with E-state index in [1.165, 1.54) is 30.3 Å². The minimum Gasteiger partial charge on any atom is -0.339 e. The van der Waals surface area contributed by atoms with E-state index in [0.717, 1.165) is 19.6 Å². The predicted octanol–water partition coefficient (Wildman–Crippen LogP) is 3.46. The number of thioether (sulfide) groups is 1. The van der Waals surface area contributed by atoms with Crippen LogP contribution in [0.3, 0.4) is 0 Å².